The lowest BCUT2D eigenvalue weighted by Crippen LogP contribution is -2.32. The zero-order chi connectivity index (χ0) is 15.2. The van der Waals surface area contributed by atoms with Crippen LogP contribution in [0.1, 0.15) is 42.1 Å². The maximum absolute atomic E-state index is 10.9. The molecule has 0 bridgehead atoms. The number of carbonyl (C=O) groups is 1. The van der Waals surface area contributed by atoms with Crippen LogP contribution in [-0.4, -0.2) is 53.6 Å². The van der Waals surface area contributed by atoms with Crippen molar-refractivity contribution in [3.8, 4) is 0 Å². The van der Waals surface area contributed by atoms with E-state index in [2.05, 4.69) is 23.8 Å². The van der Waals surface area contributed by atoms with Crippen LogP contribution in [0.25, 0.3) is 0 Å². The van der Waals surface area contributed by atoms with Gasteiger partial charge in [-0.3, -0.25) is 4.90 Å². The van der Waals surface area contributed by atoms with Gasteiger partial charge in [-0.25, -0.2) is 4.79 Å². The molecule has 0 aromatic heterocycles. The smallest absolute Gasteiger partial charge is 0.335 e. The quantitative estimate of drug-likeness (QED) is 0.905. The summed E-state index contributed by atoms with van der Waals surface area (Å²) in [4.78, 5) is 15.8. The molecule has 1 atom stereocenters. The summed E-state index contributed by atoms with van der Waals surface area (Å²) in [7, 11) is 2.18. The topological polar surface area (TPSA) is 43.8 Å². The molecule has 0 aliphatic carbocycles. The van der Waals surface area contributed by atoms with Gasteiger partial charge in [-0.05, 0) is 63.6 Å². The third kappa shape index (κ3) is 4.55. The molecule has 1 fully saturated rings. The number of rotatable bonds is 5. The minimum Gasteiger partial charge on any atom is -0.478 e. The molecule has 1 N–H and O–H groups in total. The van der Waals surface area contributed by atoms with Crippen LogP contribution in [-0.2, 0) is 6.54 Å². The molecule has 1 heterocycles. The first kappa shape index (κ1) is 16.0. The monoisotopic (exact) mass is 290 g/mol. The molecular formula is C17H26N2O2. The second-order valence-electron chi connectivity index (χ2n) is 5.94. The summed E-state index contributed by atoms with van der Waals surface area (Å²) in [5, 5.41) is 8.93. The molecule has 4 heteroatoms. The number of likely N-dealkylation sites (tertiary alicyclic amines) is 1. The highest BCUT2D eigenvalue weighted by Crippen LogP contribution is 2.18. The summed E-state index contributed by atoms with van der Waals surface area (Å²) in [5.41, 5.74) is 1.54. The Hall–Kier alpha value is -1.39. The number of carboxylic acid groups (broad SMARTS) is 1. The van der Waals surface area contributed by atoms with Gasteiger partial charge in [-0.1, -0.05) is 19.1 Å². The van der Waals surface area contributed by atoms with Gasteiger partial charge in [0.2, 0.25) is 0 Å². The Balaban J connectivity index is 1.91. The Labute approximate surface area is 127 Å². The first-order valence-electron chi connectivity index (χ1n) is 7.85. The van der Waals surface area contributed by atoms with Crippen molar-refractivity contribution in [2.24, 2.45) is 0 Å². The molecular weight excluding hydrogens is 264 g/mol. The van der Waals surface area contributed by atoms with Crippen LogP contribution < -0.4 is 0 Å². The van der Waals surface area contributed by atoms with Gasteiger partial charge in [0.15, 0.2) is 0 Å². The number of nitrogens with zero attached hydrogens (tertiary/aromatic N) is 2. The summed E-state index contributed by atoms with van der Waals surface area (Å²) in [6.07, 6.45) is 3.73. The fourth-order valence-corrected chi connectivity index (χ4v) is 3.07. The van der Waals surface area contributed by atoms with E-state index in [0.717, 1.165) is 13.1 Å². The average Bonchev–Trinajstić information content (AvgIpc) is 2.73. The Morgan fingerprint density at radius 1 is 1.29 bits per heavy atom. The number of hydrogen-bond donors (Lipinski definition) is 1. The fraction of sp³-hybridized carbons (Fsp3) is 0.588. The molecule has 0 saturated carbocycles. The molecule has 116 valence electrons. The lowest BCUT2D eigenvalue weighted by atomic mass is 10.1. The van der Waals surface area contributed by atoms with Gasteiger partial charge in [0.25, 0.3) is 0 Å². The zero-order valence-electron chi connectivity index (χ0n) is 13.1. The summed E-state index contributed by atoms with van der Waals surface area (Å²) < 4.78 is 0. The van der Waals surface area contributed by atoms with Crippen molar-refractivity contribution >= 4 is 5.97 Å². The summed E-state index contributed by atoms with van der Waals surface area (Å²) in [5.74, 6) is -0.863. The van der Waals surface area contributed by atoms with E-state index in [-0.39, 0.29) is 0 Å². The van der Waals surface area contributed by atoms with Crippen molar-refractivity contribution in [2.45, 2.75) is 38.8 Å². The van der Waals surface area contributed by atoms with Crippen molar-refractivity contribution in [3.63, 3.8) is 0 Å². The third-order valence-corrected chi connectivity index (χ3v) is 4.49. The van der Waals surface area contributed by atoms with Gasteiger partial charge in [-0.2, -0.15) is 0 Å². The van der Waals surface area contributed by atoms with Crippen LogP contribution in [0, 0.1) is 0 Å². The molecule has 0 amide bonds. The maximum Gasteiger partial charge on any atom is 0.335 e. The van der Waals surface area contributed by atoms with Crippen LogP contribution in [0.4, 0.5) is 0 Å². The summed E-state index contributed by atoms with van der Waals surface area (Å²) in [6.45, 7) is 6.66. The van der Waals surface area contributed by atoms with E-state index in [1.54, 1.807) is 12.1 Å². The molecule has 0 spiro atoms. The van der Waals surface area contributed by atoms with Crippen LogP contribution in [0.15, 0.2) is 24.3 Å². The predicted octanol–water partition coefficient (Wildman–Crippen LogP) is 2.69. The minimum atomic E-state index is -0.863. The minimum absolute atomic E-state index is 0.356. The maximum atomic E-state index is 10.9. The van der Waals surface area contributed by atoms with E-state index in [0.29, 0.717) is 11.6 Å². The second kappa shape index (κ2) is 7.57. The standard InChI is InChI=1S/C17H26N2O2/c1-3-19-11-4-5-16(10-12-19)18(2)13-14-6-8-15(9-7-14)17(20)21/h6-9,16H,3-5,10-13H2,1-2H3,(H,20,21). The van der Waals surface area contributed by atoms with Crippen molar-refractivity contribution in [3.05, 3.63) is 35.4 Å². The molecule has 1 aliphatic heterocycles. The van der Waals surface area contributed by atoms with Crippen molar-refractivity contribution in [1.29, 1.82) is 0 Å². The fourth-order valence-electron chi connectivity index (χ4n) is 3.07. The number of benzene rings is 1. The molecule has 1 aromatic carbocycles. The lowest BCUT2D eigenvalue weighted by Gasteiger charge is -2.27. The third-order valence-electron chi connectivity index (χ3n) is 4.49. The number of hydrogen-bond acceptors (Lipinski definition) is 3. The highest BCUT2D eigenvalue weighted by Gasteiger charge is 2.19. The van der Waals surface area contributed by atoms with Gasteiger partial charge in [0, 0.05) is 12.6 Å². The van der Waals surface area contributed by atoms with Crippen LogP contribution >= 0.6 is 0 Å². The molecule has 2 rings (SSSR count). The van der Waals surface area contributed by atoms with Gasteiger partial charge < -0.3 is 10.0 Å². The molecule has 1 aromatic rings. The molecule has 0 radical (unpaired) electrons. The SMILES string of the molecule is CCN1CCCC(N(C)Cc2ccc(C(=O)O)cc2)CC1. The first-order chi connectivity index (χ1) is 10.1. The van der Waals surface area contributed by atoms with Crippen molar-refractivity contribution in [2.75, 3.05) is 26.7 Å². The Kier molecular flexibility index (Phi) is 5.76. The Bertz CT molecular complexity index is 458. The van der Waals surface area contributed by atoms with Gasteiger partial charge in [0.1, 0.15) is 0 Å². The number of aromatic carboxylic acids is 1. The predicted molar refractivity (Wildman–Crippen MR) is 84.6 cm³/mol. The van der Waals surface area contributed by atoms with Crippen LogP contribution in [0.5, 0.6) is 0 Å². The van der Waals surface area contributed by atoms with E-state index < -0.39 is 5.97 Å². The van der Waals surface area contributed by atoms with Crippen LogP contribution in [0.3, 0.4) is 0 Å². The normalized spacial score (nSPS) is 20.4. The largest absolute Gasteiger partial charge is 0.478 e. The highest BCUT2D eigenvalue weighted by molar-refractivity contribution is 5.87. The Morgan fingerprint density at radius 2 is 2.00 bits per heavy atom. The van der Waals surface area contributed by atoms with Gasteiger partial charge in [0.05, 0.1) is 5.56 Å². The second-order valence-corrected chi connectivity index (χ2v) is 5.94. The summed E-state index contributed by atoms with van der Waals surface area (Å²) >= 11 is 0. The molecule has 1 unspecified atom stereocenters. The lowest BCUT2D eigenvalue weighted by molar-refractivity contribution is 0.0697. The summed E-state index contributed by atoms with van der Waals surface area (Å²) in [6, 6.07) is 7.86. The van der Waals surface area contributed by atoms with E-state index in [1.165, 1.54) is 37.9 Å². The molecule has 1 aliphatic rings. The van der Waals surface area contributed by atoms with E-state index >= 15 is 0 Å². The van der Waals surface area contributed by atoms with Gasteiger partial charge >= 0.3 is 5.97 Å². The van der Waals surface area contributed by atoms with Gasteiger partial charge in [-0.15, -0.1) is 0 Å². The molecule has 4 nitrogen and oxygen atoms in total. The average molecular weight is 290 g/mol. The highest BCUT2D eigenvalue weighted by atomic mass is 16.4. The van der Waals surface area contributed by atoms with E-state index in [4.69, 9.17) is 5.11 Å². The zero-order valence-corrected chi connectivity index (χ0v) is 13.1. The van der Waals surface area contributed by atoms with E-state index in [1.807, 2.05) is 12.1 Å². The van der Waals surface area contributed by atoms with E-state index in [9.17, 15) is 4.79 Å². The van der Waals surface area contributed by atoms with Crippen LogP contribution in [0.2, 0.25) is 0 Å². The van der Waals surface area contributed by atoms with Crippen molar-refractivity contribution in [1.82, 2.24) is 9.80 Å². The molecule has 1 saturated heterocycles. The number of carboxylic acids is 1. The van der Waals surface area contributed by atoms with Crippen molar-refractivity contribution < 1.29 is 9.90 Å². The Morgan fingerprint density at radius 3 is 2.62 bits per heavy atom. The first-order valence-corrected chi connectivity index (χ1v) is 7.85. The molecule has 21 heavy (non-hydrogen) atoms.